The largest absolute Gasteiger partial charge is 0.0613 e. The van der Waals surface area contributed by atoms with Crippen LogP contribution >= 0.6 is 0 Å². The van der Waals surface area contributed by atoms with Crippen LogP contribution in [0.25, 0.3) is 10.8 Å². The summed E-state index contributed by atoms with van der Waals surface area (Å²) in [6.45, 7) is 4.34. The second-order valence-corrected chi connectivity index (χ2v) is 5.86. The Morgan fingerprint density at radius 3 is 1.81 bits per heavy atom. The summed E-state index contributed by atoms with van der Waals surface area (Å²) in [5.74, 6) is 0. The maximum absolute atomic E-state index is 2.34. The maximum atomic E-state index is 2.34. The third-order valence-electron chi connectivity index (χ3n) is 4.20. The summed E-state index contributed by atoms with van der Waals surface area (Å²) in [5.41, 5.74) is 5.58. The van der Waals surface area contributed by atoms with Gasteiger partial charge in [0.15, 0.2) is 0 Å². The Kier molecular flexibility index (Phi) is 4.06. The minimum absolute atomic E-state index is 1.10. The molecule has 0 amide bonds. The van der Waals surface area contributed by atoms with Gasteiger partial charge in [-0.15, -0.1) is 0 Å². The van der Waals surface area contributed by atoms with Crippen molar-refractivity contribution in [3.8, 4) is 0 Å². The summed E-state index contributed by atoms with van der Waals surface area (Å²) in [4.78, 5) is 0. The molecule has 0 N–H and O–H groups in total. The third kappa shape index (κ3) is 3.33. The SMILES string of the molecule is CCc1ccc2cc(CCc3ccc(C)cc3)ccc2c1. The van der Waals surface area contributed by atoms with E-state index >= 15 is 0 Å². The van der Waals surface area contributed by atoms with Crippen LogP contribution in [0.1, 0.15) is 29.2 Å². The first-order valence-electron chi connectivity index (χ1n) is 7.82. The molecule has 0 saturated carbocycles. The van der Waals surface area contributed by atoms with E-state index in [1.165, 1.54) is 33.0 Å². The monoisotopic (exact) mass is 274 g/mol. The first-order valence-corrected chi connectivity index (χ1v) is 7.82. The molecule has 3 aromatic rings. The fraction of sp³-hybridized carbons (Fsp3) is 0.238. The Morgan fingerprint density at radius 1 is 0.619 bits per heavy atom. The molecule has 0 saturated heterocycles. The number of rotatable bonds is 4. The van der Waals surface area contributed by atoms with Crippen LogP contribution in [-0.2, 0) is 19.3 Å². The van der Waals surface area contributed by atoms with Gasteiger partial charge in [-0.3, -0.25) is 0 Å². The van der Waals surface area contributed by atoms with Crippen LogP contribution in [0.15, 0.2) is 60.7 Å². The lowest BCUT2D eigenvalue weighted by Gasteiger charge is -2.06. The van der Waals surface area contributed by atoms with Gasteiger partial charge in [0.2, 0.25) is 0 Å². The minimum atomic E-state index is 1.10. The lowest BCUT2D eigenvalue weighted by Crippen LogP contribution is -1.92. The summed E-state index contributed by atoms with van der Waals surface area (Å²) in [6.07, 6.45) is 3.32. The van der Waals surface area contributed by atoms with Crippen LogP contribution in [0, 0.1) is 6.92 Å². The van der Waals surface area contributed by atoms with Gasteiger partial charge in [-0.1, -0.05) is 73.2 Å². The highest BCUT2D eigenvalue weighted by Gasteiger charge is 2.00. The predicted octanol–water partition coefficient (Wildman–Crippen LogP) is 5.50. The first-order chi connectivity index (χ1) is 10.2. The van der Waals surface area contributed by atoms with Gasteiger partial charge >= 0.3 is 0 Å². The van der Waals surface area contributed by atoms with Gasteiger partial charge in [-0.05, 0) is 53.6 Å². The van der Waals surface area contributed by atoms with Crippen LogP contribution < -0.4 is 0 Å². The number of aryl methyl sites for hydroxylation is 4. The van der Waals surface area contributed by atoms with Gasteiger partial charge in [-0.2, -0.15) is 0 Å². The third-order valence-corrected chi connectivity index (χ3v) is 4.20. The zero-order valence-electron chi connectivity index (χ0n) is 12.9. The molecule has 3 aromatic carbocycles. The summed E-state index contributed by atoms with van der Waals surface area (Å²) in [7, 11) is 0. The topological polar surface area (TPSA) is 0 Å². The molecular formula is C21H22. The van der Waals surface area contributed by atoms with Crippen molar-refractivity contribution in [1.82, 2.24) is 0 Å². The van der Waals surface area contributed by atoms with Gasteiger partial charge in [0.25, 0.3) is 0 Å². The van der Waals surface area contributed by atoms with Crippen molar-refractivity contribution in [1.29, 1.82) is 0 Å². The van der Waals surface area contributed by atoms with Crippen LogP contribution in [0.3, 0.4) is 0 Å². The van der Waals surface area contributed by atoms with Gasteiger partial charge in [0.1, 0.15) is 0 Å². The van der Waals surface area contributed by atoms with E-state index in [9.17, 15) is 0 Å². The van der Waals surface area contributed by atoms with E-state index in [-0.39, 0.29) is 0 Å². The number of hydrogen-bond acceptors (Lipinski definition) is 0. The van der Waals surface area contributed by atoms with E-state index in [2.05, 4.69) is 74.5 Å². The lowest BCUT2D eigenvalue weighted by molar-refractivity contribution is 0.961. The smallest absolute Gasteiger partial charge is 0.0181 e. The Balaban J connectivity index is 1.76. The Bertz CT molecular complexity index is 736. The number of hydrogen-bond donors (Lipinski definition) is 0. The van der Waals surface area contributed by atoms with Crippen LogP contribution in [-0.4, -0.2) is 0 Å². The minimum Gasteiger partial charge on any atom is -0.0613 e. The van der Waals surface area contributed by atoms with E-state index in [0.717, 1.165) is 19.3 Å². The fourth-order valence-electron chi connectivity index (χ4n) is 2.76. The highest BCUT2D eigenvalue weighted by atomic mass is 14.0. The molecule has 0 aliphatic carbocycles. The molecule has 0 heteroatoms. The normalized spacial score (nSPS) is 11.0. The first kappa shape index (κ1) is 13.9. The van der Waals surface area contributed by atoms with Gasteiger partial charge in [-0.25, -0.2) is 0 Å². The molecule has 21 heavy (non-hydrogen) atoms. The van der Waals surface area contributed by atoms with Gasteiger partial charge in [0, 0.05) is 0 Å². The van der Waals surface area contributed by atoms with Crippen molar-refractivity contribution in [2.45, 2.75) is 33.1 Å². The Hall–Kier alpha value is -2.08. The summed E-state index contributed by atoms with van der Waals surface area (Å²) >= 11 is 0. The van der Waals surface area contributed by atoms with Crippen molar-refractivity contribution in [3.63, 3.8) is 0 Å². The quantitative estimate of drug-likeness (QED) is 0.589. The number of benzene rings is 3. The Morgan fingerprint density at radius 2 is 1.14 bits per heavy atom. The second kappa shape index (κ2) is 6.13. The van der Waals surface area contributed by atoms with Crippen LogP contribution in [0.2, 0.25) is 0 Å². The van der Waals surface area contributed by atoms with Crippen molar-refractivity contribution in [2.75, 3.05) is 0 Å². The van der Waals surface area contributed by atoms with Crippen LogP contribution in [0.4, 0.5) is 0 Å². The van der Waals surface area contributed by atoms with Crippen LogP contribution in [0.5, 0.6) is 0 Å². The molecule has 0 atom stereocenters. The molecule has 0 aliphatic rings. The average Bonchev–Trinajstić information content (AvgIpc) is 2.53. The zero-order chi connectivity index (χ0) is 14.7. The molecular weight excluding hydrogens is 252 g/mol. The lowest BCUT2D eigenvalue weighted by atomic mass is 9.99. The molecule has 0 radical (unpaired) electrons. The molecule has 0 unspecified atom stereocenters. The molecule has 3 rings (SSSR count). The van der Waals surface area contributed by atoms with E-state index in [0.29, 0.717) is 0 Å². The van der Waals surface area contributed by atoms with Crippen molar-refractivity contribution in [2.24, 2.45) is 0 Å². The van der Waals surface area contributed by atoms with Crippen molar-refractivity contribution >= 4 is 10.8 Å². The molecule has 0 spiro atoms. The molecule has 0 heterocycles. The van der Waals surface area contributed by atoms with E-state index in [1.807, 2.05) is 0 Å². The standard InChI is InChI=1S/C21H22/c1-3-17-10-12-21-15-19(11-13-20(21)14-17)9-8-18-6-4-16(2)5-7-18/h4-7,10-15H,3,8-9H2,1-2H3. The highest BCUT2D eigenvalue weighted by Crippen LogP contribution is 2.19. The summed E-state index contributed by atoms with van der Waals surface area (Å²) < 4.78 is 0. The summed E-state index contributed by atoms with van der Waals surface area (Å²) in [5, 5.41) is 2.71. The average molecular weight is 274 g/mol. The van der Waals surface area contributed by atoms with Crippen molar-refractivity contribution < 1.29 is 0 Å². The number of fused-ring (bicyclic) bond motifs is 1. The van der Waals surface area contributed by atoms with E-state index in [4.69, 9.17) is 0 Å². The second-order valence-electron chi connectivity index (χ2n) is 5.86. The maximum Gasteiger partial charge on any atom is -0.0181 e. The molecule has 106 valence electrons. The molecule has 0 nitrogen and oxygen atoms in total. The molecule has 0 aromatic heterocycles. The van der Waals surface area contributed by atoms with E-state index in [1.54, 1.807) is 0 Å². The molecule has 0 bridgehead atoms. The highest BCUT2D eigenvalue weighted by molar-refractivity contribution is 5.83. The summed E-state index contributed by atoms with van der Waals surface area (Å²) in [6, 6.07) is 22.5. The van der Waals surface area contributed by atoms with Crippen molar-refractivity contribution in [3.05, 3.63) is 82.9 Å². The van der Waals surface area contributed by atoms with Gasteiger partial charge < -0.3 is 0 Å². The fourth-order valence-corrected chi connectivity index (χ4v) is 2.76. The van der Waals surface area contributed by atoms with Gasteiger partial charge in [0.05, 0.1) is 0 Å². The Labute approximate surface area is 127 Å². The zero-order valence-corrected chi connectivity index (χ0v) is 12.9. The molecule has 0 aliphatic heterocycles. The predicted molar refractivity (Wildman–Crippen MR) is 91.9 cm³/mol. The van der Waals surface area contributed by atoms with E-state index < -0.39 is 0 Å². The molecule has 0 fully saturated rings.